The number of ether oxygens (including phenoxy) is 1. The number of halogens is 1. The zero-order chi connectivity index (χ0) is 20.5. The molecule has 4 nitrogen and oxygen atoms in total. The molecule has 1 aliphatic carbocycles. The number of allylic oxidation sites excluding steroid dienone is 3. The molecular weight excluding hydrogens is 426 g/mol. The first kappa shape index (κ1) is 22.6. The number of rotatable bonds is 5. The summed E-state index contributed by atoms with van der Waals surface area (Å²) in [5, 5.41) is 0. The second-order valence-electron chi connectivity index (χ2n) is 7.59. The van der Waals surface area contributed by atoms with E-state index in [0.29, 0.717) is 23.7 Å². The summed E-state index contributed by atoms with van der Waals surface area (Å²) in [6, 6.07) is 5.23. The maximum absolute atomic E-state index is 11.9. The lowest BCUT2D eigenvalue weighted by atomic mass is 9.78. The van der Waals surface area contributed by atoms with Gasteiger partial charge in [-0.2, -0.15) is 0 Å². The summed E-state index contributed by atoms with van der Waals surface area (Å²) in [5.41, 5.74) is 0.409. The van der Waals surface area contributed by atoms with Crippen LogP contribution in [0.5, 0.6) is 11.5 Å². The molecule has 2 unspecified atom stereocenters. The van der Waals surface area contributed by atoms with Gasteiger partial charge in [0.15, 0.2) is 0 Å². The Balaban J connectivity index is 1.73. The number of fused-ring (bicyclic) bond motifs is 1. The van der Waals surface area contributed by atoms with Gasteiger partial charge < -0.3 is 13.8 Å². The van der Waals surface area contributed by atoms with Crippen molar-refractivity contribution < 1.29 is 18.6 Å². The number of hydrogen-bond donors (Lipinski definition) is 0. The molecule has 0 N–H and O–H groups in total. The predicted octanol–water partition coefficient (Wildman–Crippen LogP) is 7.19. The fourth-order valence-electron chi connectivity index (χ4n) is 3.79. The van der Waals surface area contributed by atoms with Gasteiger partial charge in [0.2, 0.25) is 0 Å². The van der Waals surface area contributed by atoms with Crippen molar-refractivity contribution in [2.75, 3.05) is 12.8 Å². The molecule has 1 aromatic rings. The van der Waals surface area contributed by atoms with Crippen LogP contribution >= 0.6 is 28.2 Å². The van der Waals surface area contributed by atoms with Crippen molar-refractivity contribution in [2.24, 2.45) is 5.41 Å². The van der Waals surface area contributed by atoms with Crippen molar-refractivity contribution in [3.63, 3.8) is 0 Å². The van der Waals surface area contributed by atoms with Gasteiger partial charge in [0.1, 0.15) is 17.1 Å². The molecule has 1 aliphatic heterocycles. The van der Waals surface area contributed by atoms with E-state index in [1.807, 2.05) is 0 Å². The molecule has 1 heterocycles. The molecule has 29 heavy (non-hydrogen) atoms. The number of carbonyl (C=O) groups excluding carboxylic acids is 1. The Morgan fingerprint density at radius 2 is 1.86 bits per heavy atom. The molecule has 2 aliphatic rings. The molecule has 0 fully saturated rings. The van der Waals surface area contributed by atoms with Crippen LogP contribution in [0.25, 0.3) is 0 Å². The summed E-state index contributed by atoms with van der Waals surface area (Å²) >= 11 is 5.89. The lowest BCUT2D eigenvalue weighted by molar-refractivity contribution is 0.0728. The monoisotopic (exact) mass is 454 g/mol. The van der Waals surface area contributed by atoms with Crippen LogP contribution in [-0.4, -0.2) is 18.7 Å². The Bertz CT molecular complexity index is 736. The van der Waals surface area contributed by atoms with Gasteiger partial charge in [-0.15, -0.1) is 9.24 Å². The van der Waals surface area contributed by atoms with Gasteiger partial charge in [0, 0.05) is 11.5 Å². The average Bonchev–Trinajstić information content (AvgIpc) is 2.76. The molecule has 7 heteroatoms. The average molecular weight is 455 g/mol. The fourth-order valence-corrected chi connectivity index (χ4v) is 4.91. The SMILES string of the molecule is O=C1OP(Cl)Oc2cc(OCC3(/C=C/CP)CCCC/C=C\CCCC3)ccc21. The van der Waals surface area contributed by atoms with Crippen LogP contribution in [0.4, 0.5) is 0 Å². The third-order valence-corrected chi connectivity index (χ3v) is 6.72. The summed E-state index contributed by atoms with van der Waals surface area (Å²) in [5.74, 6) is 0.673. The molecule has 0 spiro atoms. The van der Waals surface area contributed by atoms with Crippen LogP contribution in [0, 0.1) is 5.41 Å². The molecule has 3 rings (SSSR count). The Labute approximate surface area is 181 Å². The lowest BCUT2D eigenvalue weighted by Gasteiger charge is -2.31. The Hall–Kier alpha value is -1.08. The molecular formula is C22H29ClO4P2. The molecule has 2 atom stereocenters. The number of carbonyl (C=O) groups is 1. The normalized spacial score (nSPS) is 23.4. The van der Waals surface area contributed by atoms with E-state index in [1.54, 1.807) is 18.2 Å². The molecule has 0 bridgehead atoms. The molecule has 1 aromatic carbocycles. The topological polar surface area (TPSA) is 44.8 Å². The molecule has 0 saturated heterocycles. The maximum Gasteiger partial charge on any atom is 0.403 e. The van der Waals surface area contributed by atoms with Gasteiger partial charge in [-0.25, -0.2) is 4.79 Å². The van der Waals surface area contributed by atoms with Crippen LogP contribution in [-0.2, 0) is 4.52 Å². The second-order valence-corrected chi connectivity index (χ2v) is 9.68. The van der Waals surface area contributed by atoms with E-state index in [4.69, 9.17) is 25.0 Å². The highest BCUT2D eigenvalue weighted by Gasteiger charge is 2.30. The third kappa shape index (κ3) is 6.71. The largest absolute Gasteiger partial charge is 0.493 e. The van der Waals surface area contributed by atoms with Crippen molar-refractivity contribution in [2.45, 2.75) is 51.4 Å². The van der Waals surface area contributed by atoms with Crippen molar-refractivity contribution >= 4 is 34.2 Å². The summed E-state index contributed by atoms with van der Waals surface area (Å²) < 4.78 is 16.7. The Kier molecular flexibility index (Phi) is 8.85. The molecule has 0 aromatic heterocycles. The van der Waals surface area contributed by atoms with Gasteiger partial charge >= 0.3 is 13.7 Å². The van der Waals surface area contributed by atoms with E-state index in [2.05, 4.69) is 33.5 Å². The van der Waals surface area contributed by atoms with Gasteiger partial charge in [-0.05, 0) is 68.1 Å². The minimum Gasteiger partial charge on any atom is -0.493 e. The molecule has 0 radical (unpaired) electrons. The Morgan fingerprint density at radius 1 is 1.14 bits per heavy atom. The van der Waals surface area contributed by atoms with Crippen molar-refractivity contribution in [3.05, 3.63) is 48.1 Å². The lowest BCUT2D eigenvalue weighted by Crippen LogP contribution is -2.27. The summed E-state index contributed by atoms with van der Waals surface area (Å²) in [6.45, 7) is 0.612. The number of benzene rings is 1. The van der Waals surface area contributed by atoms with Crippen LogP contribution < -0.4 is 9.26 Å². The quantitative estimate of drug-likeness (QED) is 0.349. The van der Waals surface area contributed by atoms with Crippen LogP contribution in [0.2, 0.25) is 0 Å². The summed E-state index contributed by atoms with van der Waals surface area (Å²) in [4.78, 5) is 11.9. The minimum atomic E-state index is -1.74. The zero-order valence-corrected chi connectivity index (χ0v) is 19.5. The maximum atomic E-state index is 11.9. The van der Waals surface area contributed by atoms with E-state index in [1.165, 1.54) is 25.7 Å². The molecule has 0 saturated carbocycles. The van der Waals surface area contributed by atoms with Crippen LogP contribution in [0.1, 0.15) is 61.7 Å². The second kappa shape index (κ2) is 11.3. The minimum absolute atomic E-state index is 0.0235. The van der Waals surface area contributed by atoms with Gasteiger partial charge in [0.05, 0.1) is 6.61 Å². The van der Waals surface area contributed by atoms with Crippen molar-refractivity contribution in [1.29, 1.82) is 0 Å². The molecule has 0 amide bonds. The molecule has 158 valence electrons. The zero-order valence-electron chi connectivity index (χ0n) is 16.6. The smallest absolute Gasteiger partial charge is 0.403 e. The van der Waals surface area contributed by atoms with Gasteiger partial charge in [0.25, 0.3) is 0 Å². The standard InChI is InChI=1S/C22H29ClO4P2/c23-29-26-20-16-18(10-11-19(20)21(24)27-29)25-17-22(14-9-15-28)12-7-5-3-1-2-4-6-8-13-22/h1-2,9-11,14,16H,3-8,12-13,15,17,28H2/b2-1-,14-9+. The summed E-state index contributed by atoms with van der Waals surface area (Å²) in [6.07, 6.45) is 19.5. The van der Waals surface area contributed by atoms with Crippen LogP contribution in [0.3, 0.4) is 0 Å². The van der Waals surface area contributed by atoms with E-state index >= 15 is 0 Å². The van der Waals surface area contributed by atoms with Gasteiger partial charge in [-0.3, -0.25) is 0 Å². The van der Waals surface area contributed by atoms with Crippen molar-refractivity contribution in [3.8, 4) is 11.5 Å². The first-order valence-electron chi connectivity index (χ1n) is 10.3. The summed E-state index contributed by atoms with van der Waals surface area (Å²) in [7, 11) is 1.03. The van der Waals surface area contributed by atoms with Crippen molar-refractivity contribution in [1.82, 2.24) is 0 Å². The highest BCUT2D eigenvalue weighted by molar-refractivity contribution is 7.76. The van der Waals surface area contributed by atoms with E-state index in [-0.39, 0.29) is 5.41 Å². The van der Waals surface area contributed by atoms with Gasteiger partial charge in [-0.1, -0.05) is 37.1 Å². The van der Waals surface area contributed by atoms with E-state index in [0.717, 1.165) is 31.8 Å². The fraction of sp³-hybridized carbons (Fsp3) is 0.500. The predicted molar refractivity (Wildman–Crippen MR) is 123 cm³/mol. The first-order valence-corrected chi connectivity index (χ1v) is 13.2. The van der Waals surface area contributed by atoms with Crippen LogP contribution in [0.15, 0.2) is 42.5 Å². The third-order valence-electron chi connectivity index (χ3n) is 5.39. The Morgan fingerprint density at radius 3 is 2.55 bits per heavy atom. The van der Waals surface area contributed by atoms with E-state index < -0.39 is 13.7 Å². The highest BCUT2D eigenvalue weighted by Crippen LogP contribution is 2.50. The number of hydrogen-bond acceptors (Lipinski definition) is 4. The first-order chi connectivity index (χ1) is 14.1. The van der Waals surface area contributed by atoms with E-state index in [9.17, 15) is 4.79 Å². The highest BCUT2D eigenvalue weighted by atomic mass is 35.7.